The minimum Gasteiger partial charge on any atom is -0.385 e. The minimum atomic E-state index is 0.799. The summed E-state index contributed by atoms with van der Waals surface area (Å²) < 4.78 is 7.27. The highest BCUT2D eigenvalue weighted by atomic mass is 16.5. The molecule has 0 unspecified atom stereocenters. The molecule has 1 fully saturated rings. The van der Waals surface area contributed by atoms with E-state index in [1.54, 1.807) is 7.11 Å². The quantitative estimate of drug-likeness (QED) is 0.740. The molecule has 0 amide bonds. The molecule has 1 aromatic rings. The minimum absolute atomic E-state index is 0.799. The van der Waals surface area contributed by atoms with Crippen molar-refractivity contribution in [2.45, 2.75) is 32.2 Å². The summed E-state index contributed by atoms with van der Waals surface area (Å²) in [6, 6.07) is 0. The molecule has 0 spiro atoms. The summed E-state index contributed by atoms with van der Waals surface area (Å²) in [5.41, 5.74) is 0. The van der Waals surface area contributed by atoms with Crippen molar-refractivity contribution in [2.24, 2.45) is 5.92 Å². The third kappa shape index (κ3) is 4.80. The smallest absolute Gasteiger partial charge is 0.202 e. The Morgan fingerprint density at radius 1 is 1.40 bits per heavy atom. The van der Waals surface area contributed by atoms with E-state index in [4.69, 9.17) is 4.74 Å². The molecule has 0 aliphatic carbocycles. The zero-order chi connectivity index (χ0) is 14.2. The maximum Gasteiger partial charge on any atom is 0.202 e. The number of hydrogen-bond acceptors (Lipinski definition) is 4. The van der Waals surface area contributed by atoms with E-state index < -0.39 is 0 Å². The number of nitrogens with zero attached hydrogens (tertiary/aromatic N) is 3. The van der Waals surface area contributed by atoms with Crippen LogP contribution in [0.25, 0.3) is 0 Å². The summed E-state index contributed by atoms with van der Waals surface area (Å²) in [6.07, 6.45) is 8.84. The van der Waals surface area contributed by atoms with Crippen LogP contribution in [0.15, 0.2) is 12.4 Å². The van der Waals surface area contributed by atoms with Crippen LogP contribution in [0.4, 0.5) is 5.95 Å². The van der Waals surface area contributed by atoms with Crippen LogP contribution >= 0.6 is 0 Å². The van der Waals surface area contributed by atoms with Gasteiger partial charge in [0.15, 0.2) is 0 Å². The van der Waals surface area contributed by atoms with E-state index in [2.05, 4.69) is 26.8 Å². The molecule has 0 atom stereocenters. The SMILES string of the molecule is COCCCn1ccnc1NCCC1CCN(C)CC1. The van der Waals surface area contributed by atoms with Crippen LogP contribution in [-0.4, -0.2) is 54.8 Å². The lowest BCUT2D eigenvalue weighted by Crippen LogP contribution is -2.31. The normalized spacial score (nSPS) is 17.5. The van der Waals surface area contributed by atoms with E-state index in [9.17, 15) is 0 Å². The average Bonchev–Trinajstić information content (AvgIpc) is 2.89. The number of hydrogen-bond donors (Lipinski definition) is 1. The first-order valence-electron chi connectivity index (χ1n) is 7.72. The van der Waals surface area contributed by atoms with Crippen molar-refractivity contribution in [1.29, 1.82) is 0 Å². The molecular formula is C15H28N4O. The molecule has 1 N–H and O–H groups in total. The van der Waals surface area contributed by atoms with Crippen molar-refractivity contribution >= 4 is 5.95 Å². The number of aryl methyl sites for hydroxylation is 1. The molecule has 20 heavy (non-hydrogen) atoms. The van der Waals surface area contributed by atoms with E-state index in [0.29, 0.717) is 0 Å². The van der Waals surface area contributed by atoms with Crippen LogP contribution in [0.1, 0.15) is 25.7 Å². The molecule has 1 aliphatic rings. The number of imidazole rings is 1. The lowest BCUT2D eigenvalue weighted by molar-refractivity contribution is 0.190. The van der Waals surface area contributed by atoms with E-state index in [1.165, 1.54) is 32.4 Å². The highest BCUT2D eigenvalue weighted by Crippen LogP contribution is 2.19. The molecule has 1 aromatic heterocycles. The van der Waals surface area contributed by atoms with Gasteiger partial charge in [-0.3, -0.25) is 0 Å². The molecule has 5 nitrogen and oxygen atoms in total. The molecular weight excluding hydrogens is 252 g/mol. The van der Waals surface area contributed by atoms with Crippen molar-refractivity contribution in [3.63, 3.8) is 0 Å². The Labute approximate surface area is 122 Å². The maximum absolute atomic E-state index is 5.09. The number of nitrogens with one attached hydrogen (secondary N) is 1. The van der Waals surface area contributed by atoms with Crippen molar-refractivity contribution in [3.05, 3.63) is 12.4 Å². The first kappa shape index (κ1) is 15.3. The van der Waals surface area contributed by atoms with Crippen molar-refractivity contribution in [2.75, 3.05) is 45.7 Å². The van der Waals surface area contributed by atoms with Gasteiger partial charge in [-0.15, -0.1) is 0 Å². The number of likely N-dealkylation sites (tertiary alicyclic amines) is 1. The lowest BCUT2D eigenvalue weighted by Gasteiger charge is -2.28. The number of rotatable bonds is 8. The van der Waals surface area contributed by atoms with Gasteiger partial charge in [0, 0.05) is 39.2 Å². The fraction of sp³-hybridized carbons (Fsp3) is 0.800. The third-order valence-corrected chi connectivity index (χ3v) is 4.14. The Bertz CT molecular complexity index is 372. The van der Waals surface area contributed by atoms with Crippen LogP contribution in [0.3, 0.4) is 0 Å². The first-order chi connectivity index (χ1) is 9.79. The molecule has 1 aliphatic heterocycles. The van der Waals surface area contributed by atoms with Gasteiger partial charge in [0.05, 0.1) is 0 Å². The molecule has 0 bridgehead atoms. The first-order valence-corrected chi connectivity index (χ1v) is 7.72. The van der Waals surface area contributed by atoms with Crippen LogP contribution < -0.4 is 5.32 Å². The Hall–Kier alpha value is -1.07. The average molecular weight is 280 g/mol. The molecule has 1 saturated heterocycles. The summed E-state index contributed by atoms with van der Waals surface area (Å²) in [5.74, 6) is 1.87. The molecule has 2 heterocycles. The Morgan fingerprint density at radius 2 is 2.20 bits per heavy atom. The van der Waals surface area contributed by atoms with Crippen LogP contribution in [0.5, 0.6) is 0 Å². The zero-order valence-electron chi connectivity index (χ0n) is 12.8. The van der Waals surface area contributed by atoms with Crippen molar-refractivity contribution in [3.8, 4) is 0 Å². The standard InChI is InChI=1S/C15H28N4O/c1-18-10-5-14(6-11-18)4-7-16-15-17-8-12-19(15)9-3-13-20-2/h8,12,14H,3-7,9-11,13H2,1-2H3,(H,16,17). The Kier molecular flexibility index (Phi) is 6.33. The highest BCUT2D eigenvalue weighted by Gasteiger charge is 2.16. The molecule has 5 heteroatoms. The van der Waals surface area contributed by atoms with Gasteiger partial charge in [0.1, 0.15) is 0 Å². The van der Waals surface area contributed by atoms with Gasteiger partial charge < -0.3 is 19.5 Å². The Balaban J connectivity index is 1.67. The second-order valence-electron chi connectivity index (χ2n) is 5.75. The number of piperidine rings is 1. The summed E-state index contributed by atoms with van der Waals surface area (Å²) in [6.45, 7) is 5.28. The summed E-state index contributed by atoms with van der Waals surface area (Å²) in [7, 11) is 3.96. The summed E-state index contributed by atoms with van der Waals surface area (Å²) in [4.78, 5) is 6.82. The molecule has 0 radical (unpaired) electrons. The van der Waals surface area contributed by atoms with Gasteiger partial charge in [0.2, 0.25) is 5.95 Å². The van der Waals surface area contributed by atoms with Crippen LogP contribution in [0.2, 0.25) is 0 Å². The van der Waals surface area contributed by atoms with Crippen LogP contribution in [-0.2, 0) is 11.3 Å². The molecule has 0 aromatic carbocycles. The summed E-state index contributed by atoms with van der Waals surface area (Å²) >= 11 is 0. The number of ether oxygens (including phenoxy) is 1. The van der Waals surface area contributed by atoms with Gasteiger partial charge in [0.25, 0.3) is 0 Å². The fourth-order valence-corrected chi connectivity index (χ4v) is 2.77. The topological polar surface area (TPSA) is 42.3 Å². The highest BCUT2D eigenvalue weighted by molar-refractivity contribution is 5.25. The van der Waals surface area contributed by atoms with Crippen molar-refractivity contribution in [1.82, 2.24) is 14.5 Å². The van der Waals surface area contributed by atoms with Gasteiger partial charge in [-0.1, -0.05) is 0 Å². The van der Waals surface area contributed by atoms with Gasteiger partial charge in [-0.2, -0.15) is 0 Å². The van der Waals surface area contributed by atoms with E-state index in [0.717, 1.165) is 38.0 Å². The van der Waals surface area contributed by atoms with E-state index in [1.807, 2.05) is 12.4 Å². The van der Waals surface area contributed by atoms with Crippen LogP contribution in [0, 0.1) is 5.92 Å². The molecule has 2 rings (SSSR count). The summed E-state index contributed by atoms with van der Waals surface area (Å²) in [5, 5.41) is 3.48. The van der Waals surface area contributed by atoms with E-state index in [-0.39, 0.29) is 0 Å². The van der Waals surface area contributed by atoms with Crippen molar-refractivity contribution < 1.29 is 4.74 Å². The van der Waals surface area contributed by atoms with E-state index >= 15 is 0 Å². The predicted octanol–water partition coefficient (Wildman–Crippen LogP) is 2.06. The third-order valence-electron chi connectivity index (χ3n) is 4.14. The second kappa shape index (κ2) is 8.27. The molecule has 0 saturated carbocycles. The largest absolute Gasteiger partial charge is 0.385 e. The second-order valence-corrected chi connectivity index (χ2v) is 5.75. The number of methoxy groups -OCH3 is 1. The van der Waals surface area contributed by atoms with Gasteiger partial charge >= 0.3 is 0 Å². The predicted molar refractivity (Wildman–Crippen MR) is 82.0 cm³/mol. The maximum atomic E-state index is 5.09. The zero-order valence-corrected chi connectivity index (χ0v) is 12.8. The molecule has 114 valence electrons. The lowest BCUT2D eigenvalue weighted by atomic mass is 9.94. The Morgan fingerprint density at radius 3 is 2.95 bits per heavy atom. The fourth-order valence-electron chi connectivity index (χ4n) is 2.77. The van der Waals surface area contributed by atoms with Gasteiger partial charge in [-0.05, 0) is 51.7 Å². The monoisotopic (exact) mass is 280 g/mol. The number of aromatic nitrogens is 2. The number of anilines is 1. The van der Waals surface area contributed by atoms with Gasteiger partial charge in [-0.25, -0.2) is 4.98 Å².